The van der Waals surface area contributed by atoms with Gasteiger partial charge in [-0.2, -0.15) is 0 Å². The third-order valence-corrected chi connectivity index (χ3v) is 2.84. The summed E-state index contributed by atoms with van der Waals surface area (Å²) in [6, 6.07) is 2.18. The van der Waals surface area contributed by atoms with E-state index in [0.717, 1.165) is 23.7 Å². The molecule has 4 nitrogen and oxygen atoms in total. The van der Waals surface area contributed by atoms with Crippen molar-refractivity contribution in [1.29, 1.82) is 0 Å². The average molecular weight is 207 g/mol. The van der Waals surface area contributed by atoms with Crippen LogP contribution in [0.3, 0.4) is 0 Å². The van der Waals surface area contributed by atoms with Crippen LogP contribution < -0.4 is 16.0 Å². The van der Waals surface area contributed by atoms with Crippen LogP contribution in [0.1, 0.15) is 30.9 Å². The highest BCUT2D eigenvalue weighted by atomic mass is 16.5. The minimum Gasteiger partial charge on any atom is -0.495 e. The van der Waals surface area contributed by atoms with Crippen molar-refractivity contribution < 1.29 is 4.74 Å². The summed E-state index contributed by atoms with van der Waals surface area (Å²) in [5.74, 6) is 7.17. The number of nitrogens with zero attached hydrogens (tertiary/aromatic N) is 1. The average Bonchev–Trinajstić information content (AvgIpc) is 3.10. The van der Waals surface area contributed by atoms with Crippen molar-refractivity contribution in [3.63, 3.8) is 0 Å². The number of rotatable bonds is 5. The van der Waals surface area contributed by atoms with Gasteiger partial charge in [0.15, 0.2) is 0 Å². The second-order valence-corrected chi connectivity index (χ2v) is 4.06. The summed E-state index contributed by atoms with van der Waals surface area (Å²) in [5.41, 5.74) is 3.95. The maximum atomic E-state index is 5.55. The van der Waals surface area contributed by atoms with Gasteiger partial charge in [-0.3, -0.25) is 16.3 Å². The number of aromatic nitrogens is 1. The highest BCUT2D eigenvalue weighted by Crippen LogP contribution is 2.37. The topological polar surface area (TPSA) is 60.2 Å². The molecule has 1 fully saturated rings. The molecule has 1 aliphatic carbocycles. The molecular formula is C11H17N3O. The molecule has 1 aliphatic rings. The maximum absolute atomic E-state index is 5.55. The summed E-state index contributed by atoms with van der Waals surface area (Å²) >= 11 is 0. The van der Waals surface area contributed by atoms with Gasteiger partial charge in [0.1, 0.15) is 5.75 Å². The first-order valence-corrected chi connectivity index (χ1v) is 5.28. The number of pyridine rings is 1. The first kappa shape index (κ1) is 10.4. The molecule has 15 heavy (non-hydrogen) atoms. The van der Waals surface area contributed by atoms with Crippen LogP contribution >= 0.6 is 0 Å². The lowest BCUT2D eigenvalue weighted by atomic mass is 10.0. The summed E-state index contributed by atoms with van der Waals surface area (Å²) in [5, 5.41) is 0. The molecule has 0 saturated heterocycles. The van der Waals surface area contributed by atoms with Gasteiger partial charge in [-0.15, -0.1) is 0 Å². The van der Waals surface area contributed by atoms with Gasteiger partial charge in [0.25, 0.3) is 0 Å². The summed E-state index contributed by atoms with van der Waals surface area (Å²) in [7, 11) is 1.65. The van der Waals surface area contributed by atoms with Crippen LogP contribution in [0.5, 0.6) is 5.75 Å². The van der Waals surface area contributed by atoms with Crippen LogP contribution in [0.15, 0.2) is 18.5 Å². The Morgan fingerprint density at radius 1 is 1.60 bits per heavy atom. The number of hydrazine groups is 1. The van der Waals surface area contributed by atoms with E-state index < -0.39 is 0 Å². The molecule has 0 bridgehead atoms. The maximum Gasteiger partial charge on any atom is 0.137 e. The fourth-order valence-electron chi connectivity index (χ4n) is 1.73. The van der Waals surface area contributed by atoms with E-state index >= 15 is 0 Å². The second kappa shape index (κ2) is 4.59. The van der Waals surface area contributed by atoms with Crippen molar-refractivity contribution >= 4 is 0 Å². The van der Waals surface area contributed by atoms with Gasteiger partial charge in [0.05, 0.1) is 13.3 Å². The Hall–Kier alpha value is -1.13. The zero-order valence-corrected chi connectivity index (χ0v) is 8.94. The molecule has 82 valence electrons. The molecule has 1 saturated carbocycles. The summed E-state index contributed by atoms with van der Waals surface area (Å²) < 4.78 is 5.14. The normalized spacial score (nSPS) is 17.5. The van der Waals surface area contributed by atoms with Crippen molar-refractivity contribution in [3.8, 4) is 5.75 Å². The Balaban J connectivity index is 2.09. The predicted octanol–water partition coefficient (Wildman–Crippen LogP) is 1.39. The molecule has 1 aromatic heterocycles. The van der Waals surface area contributed by atoms with Gasteiger partial charge in [-0.05, 0) is 24.0 Å². The highest BCUT2D eigenvalue weighted by molar-refractivity contribution is 5.26. The fraction of sp³-hybridized carbons (Fsp3) is 0.545. The zero-order valence-electron chi connectivity index (χ0n) is 8.94. The minimum absolute atomic E-state index is 0.195. The third-order valence-electron chi connectivity index (χ3n) is 2.84. The van der Waals surface area contributed by atoms with Gasteiger partial charge < -0.3 is 4.74 Å². The van der Waals surface area contributed by atoms with E-state index in [1.165, 1.54) is 12.8 Å². The molecule has 2 rings (SSSR count). The number of hydrogen-bond donors (Lipinski definition) is 2. The van der Waals surface area contributed by atoms with Crippen LogP contribution in [0.25, 0.3) is 0 Å². The van der Waals surface area contributed by atoms with Gasteiger partial charge in [-0.1, -0.05) is 12.8 Å². The summed E-state index contributed by atoms with van der Waals surface area (Å²) in [6.07, 6.45) is 7.29. The standard InChI is InChI=1S/C11H17N3O/c1-15-10-5-9(6-13-7-10)11(14-12)4-8-2-3-8/h5-8,11,14H,2-4,12H2,1H3. The van der Waals surface area contributed by atoms with Crippen LogP contribution in [0.2, 0.25) is 0 Å². The SMILES string of the molecule is COc1cncc(C(CC2CC2)NN)c1. The Morgan fingerprint density at radius 2 is 2.40 bits per heavy atom. The van der Waals surface area contributed by atoms with Crippen LogP contribution in [-0.4, -0.2) is 12.1 Å². The Kier molecular flexibility index (Phi) is 3.18. The molecule has 3 N–H and O–H groups in total. The van der Waals surface area contributed by atoms with E-state index in [-0.39, 0.29) is 6.04 Å². The van der Waals surface area contributed by atoms with Crippen LogP contribution in [0, 0.1) is 5.92 Å². The summed E-state index contributed by atoms with van der Waals surface area (Å²) in [6.45, 7) is 0. The number of nitrogens with two attached hydrogens (primary N) is 1. The van der Waals surface area contributed by atoms with E-state index in [4.69, 9.17) is 10.6 Å². The minimum atomic E-state index is 0.195. The highest BCUT2D eigenvalue weighted by Gasteiger charge is 2.26. The molecule has 0 radical (unpaired) electrons. The monoisotopic (exact) mass is 207 g/mol. The number of methoxy groups -OCH3 is 1. The molecule has 1 unspecified atom stereocenters. The number of ether oxygens (including phenoxy) is 1. The van der Waals surface area contributed by atoms with E-state index in [0.29, 0.717) is 0 Å². The molecule has 0 spiro atoms. The third kappa shape index (κ3) is 2.67. The van der Waals surface area contributed by atoms with Gasteiger partial charge in [0.2, 0.25) is 0 Å². The van der Waals surface area contributed by atoms with Crippen molar-refractivity contribution in [2.24, 2.45) is 11.8 Å². The van der Waals surface area contributed by atoms with Gasteiger partial charge in [-0.25, -0.2) is 0 Å². The lowest BCUT2D eigenvalue weighted by Gasteiger charge is -2.15. The molecule has 1 aromatic rings. The smallest absolute Gasteiger partial charge is 0.137 e. The van der Waals surface area contributed by atoms with Crippen molar-refractivity contribution in [1.82, 2.24) is 10.4 Å². The first-order valence-electron chi connectivity index (χ1n) is 5.28. The fourth-order valence-corrected chi connectivity index (χ4v) is 1.73. The molecule has 1 heterocycles. The van der Waals surface area contributed by atoms with E-state index in [1.807, 2.05) is 12.3 Å². The largest absolute Gasteiger partial charge is 0.495 e. The van der Waals surface area contributed by atoms with Gasteiger partial charge in [0, 0.05) is 12.2 Å². The molecular weight excluding hydrogens is 190 g/mol. The van der Waals surface area contributed by atoms with Crippen LogP contribution in [0.4, 0.5) is 0 Å². The Morgan fingerprint density at radius 3 is 3.00 bits per heavy atom. The van der Waals surface area contributed by atoms with E-state index in [2.05, 4.69) is 10.4 Å². The zero-order chi connectivity index (χ0) is 10.7. The van der Waals surface area contributed by atoms with Crippen molar-refractivity contribution in [3.05, 3.63) is 24.0 Å². The Bertz CT molecular complexity index is 325. The van der Waals surface area contributed by atoms with Crippen molar-refractivity contribution in [2.75, 3.05) is 7.11 Å². The molecule has 0 aliphatic heterocycles. The number of nitrogens with one attached hydrogen (secondary N) is 1. The van der Waals surface area contributed by atoms with E-state index in [1.54, 1.807) is 13.3 Å². The van der Waals surface area contributed by atoms with Crippen molar-refractivity contribution in [2.45, 2.75) is 25.3 Å². The summed E-state index contributed by atoms with van der Waals surface area (Å²) in [4.78, 5) is 4.13. The quantitative estimate of drug-likeness (QED) is 0.566. The molecule has 1 atom stereocenters. The lowest BCUT2D eigenvalue weighted by Crippen LogP contribution is -2.28. The Labute approximate surface area is 89.8 Å². The second-order valence-electron chi connectivity index (χ2n) is 4.06. The first-order chi connectivity index (χ1) is 7.33. The predicted molar refractivity (Wildman–Crippen MR) is 58.2 cm³/mol. The van der Waals surface area contributed by atoms with Gasteiger partial charge >= 0.3 is 0 Å². The molecule has 0 amide bonds. The van der Waals surface area contributed by atoms with E-state index in [9.17, 15) is 0 Å². The molecule has 4 heteroatoms. The molecule has 0 aromatic carbocycles. The lowest BCUT2D eigenvalue weighted by molar-refractivity contribution is 0.409. The number of hydrogen-bond acceptors (Lipinski definition) is 4. The van der Waals surface area contributed by atoms with Crippen LogP contribution in [-0.2, 0) is 0 Å².